The Balaban J connectivity index is 1.89. The first-order chi connectivity index (χ1) is 8.27. The summed E-state index contributed by atoms with van der Waals surface area (Å²) in [6.07, 6.45) is 3.81. The molecule has 1 amide bonds. The molecule has 4 heteroatoms. The van der Waals surface area contributed by atoms with Crippen molar-refractivity contribution in [2.45, 2.75) is 25.8 Å². The predicted molar refractivity (Wildman–Crippen MR) is 66.4 cm³/mol. The fourth-order valence-electron chi connectivity index (χ4n) is 2.11. The van der Waals surface area contributed by atoms with Crippen molar-refractivity contribution in [3.63, 3.8) is 0 Å². The smallest absolute Gasteiger partial charge is 0.224 e. The quantitative estimate of drug-likeness (QED) is 0.826. The van der Waals surface area contributed by atoms with Crippen LogP contribution in [0.25, 0.3) is 0 Å². The largest absolute Gasteiger partial charge is 0.348 e. The molecular formula is C13H19N3O. The molecule has 2 heterocycles. The topological polar surface area (TPSA) is 54.0 Å². The summed E-state index contributed by atoms with van der Waals surface area (Å²) >= 11 is 0. The highest BCUT2D eigenvalue weighted by molar-refractivity contribution is 5.79. The Kier molecular flexibility index (Phi) is 4.09. The van der Waals surface area contributed by atoms with E-state index in [-0.39, 0.29) is 17.9 Å². The first-order valence-electron chi connectivity index (χ1n) is 6.19. The number of hydrogen-bond acceptors (Lipinski definition) is 3. The molecule has 1 fully saturated rings. The molecule has 2 N–H and O–H groups in total. The van der Waals surface area contributed by atoms with Crippen LogP contribution in [-0.2, 0) is 4.79 Å². The number of rotatable bonds is 3. The second-order valence-electron chi connectivity index (χ2n) is 4.53. The monoisotopic (exact) mass is 233 g/mol. The van der Waals surface area contributed by atoms with Crippen LogP contribution < -0.4 is 10.6 Å². The molecule has 1 saturated heterocycles. The molecular weight excluding hydrogens is 214 g/mol. The number of aromatic nitrogens is 1. The standard InChI is InChI=1S/C13H19N3O/c1-10(12-6-2-3-8-15-12)16-13(17)11-5-4-7-14-9-11/h2-3,6,8,10-11,14H,4-5,7,9H2,1H3,(H,16,17)/t10-,11-/m1/s1. The zero-order valence-corrected chi connectivity index (χ0v) is 10.1. The number of nitrogens with zero attached hydrogens (tertiary/aromatic N) is 1. The molecule has 1 aromatic rings. The highest BCUT2D eigenvalue weighted by Gasteiger charge is 2.22. The van der Waals surface area contributed by atoms with E-state index in [4.69, 9.17) is 0 Å². The van der Waals surface area contributed by atoms with E-state index in [1.807, 2.05) is 25.1 Å². The number of pyridine rings is 1. The third-order valence-corrected chi connectivity index (χ3v) is 3.16. The van der Waals surface area contributed by atoms with Gasteiger partial charge in [0, 0.05) is 12.7 Å². The average molecular weight is 233 g/mol. The number of nitrogens with one attached hydrogen (secondary N) is 2. The summed E-state index contributed by atoms with van der Waals surface area (Å²) in [5.41, 5.74) is 0.907. The lowest BCUT2D eigenvalue weighted by atomic mass is 9.98. The molecule has 0 spiro atoms. The highest BCUT2D eigenvalue weighted by atomic mass is 16.2. The minimum Gasteiger partial charge on any atom is -0.348 e. The van der Waals surface area contributed by atoms with Crippen molar-refractivity contribution in [2.24, 2.45) is 5.92 Å². The molecule has 2 atom stereocenters. The average Bonchev–Trinajstić information content (AvgIpc) is 2.40. The van der Waals surface area contributed by atoms with Crippen LogP contribution >= 0.6 is 0 Å². The number of hydrogen-bond donors (Lipinski definition) is 2. The van der Waals surface area contributed by atoms with Gasteiger partial charge in [0.15, 0.2) is 0 Å². The van der Waals surface area contributed by atoms with E-state index >= 15 is 0 Å². The van der Waals surface area contributed by atoms with E-state index in [0.717, 1.165) is 31.6 Å². The van der Waals surface area contributed by atoms with Gasteiger partial charge in [-0.3, -0.25) is 9.78 Å². The maximum Gasteiger partial charge on any atom is 0.224 e. The van der Waals surface area contributed by atoms with Crippen LogP contribution in [0.4, 0.5) is 0 Å². The molecule has 0 bridgehead atoms. The van der Waals surface area contributed by atoms with Crippen LogP contribution in [-0.4, -0.2) is 24.0 Å². The summed E-state index contributed by atoms with van der Waals surface area (Å²) in [6.45, 7) is 3.79. The van der Waals surface area contributed by atoms with E-state index in [2.05, 4.69) is 15.6 Å². The van der Waals surface area contributed by atoms with Gasteiger partial charge in [-0.2, -0.15) is 0 Å². The van der Waals surface area contributed by atoms with Gasteiger partial charge in [0.05, 0.1) is 17.7 Å². The number of carbonyl (C=O) groups excluding carboxylic acids is 1. The van der Waals surface area contributed by atoms with Gasteiger partial charge >= 0.3 is 0 Å². The van der Waals surface area contributed by atoms with E-state index in [1.165, 1.54) is 0 Å². The molecule has 1 aromatic heterocycles. The van der Waals surface area contributed by atoms with Crippen molar-refractivity contribution < 1.29 is 4.79 Å². The lowest BCUT2D eigenvalue weighted by Crippen LogP contribution is -2.41. The Hall–Kier alpha value is -1.42. The molecule has 4 nitrogen and oxygen atoms in total. The molecule has 1 aliphatic heterocycles. The fraction of sp³-hybridized carbons (Fsp3) is 0.538. The van der Waals surface area contributed by atoms with Crippen LogP contribution in [0.3, 0.4) is 0 Å². The molecule has 0 aromatic carbocycles. The van der Waals surface area contributed by atoms with E-state index in [9.17, 15) is 4.79 Å². The molecule has 0 radical (unpaired) electrons. The maximum absolute atomic E-state index is 12.0. The van der Waals surface area contributed by atoms with Crippen LogP contribution in [0.15, 0.2) is 24.4 Å². The SMILES string of the molecule is C[C@@H](NC(=O)[C@@H]1CCCNC1)c1ccccn1. The number of piperidine rings is 1. The summed E-state index contributed by atoms with van der Waals surface area (Å²) < 4.78 is 0. The Morgan fingerprint density at radius 1 is 1.59 bits per heavy atom. The van der Waals surface area contributed by atoms with Crippen molar-refractivity contribution in [1.29, 1.82) is 0 Å². The molecule has 0 unspecified atom stereocenters. The zero-order valence-electron chi connectivity index (χ0n) is 10.1. The highest BCUT2D eigenvalue weighted by Crippen LogP contribution is 2.13. The van der Waals surface area contributed by atoms with Crippen LogP contribution in [0, 0.1) is 5.92 Å². The summed E-state index contributed by atoms with van der Waals surface area (Å²) in [5.74, 6) is 0.241. The first kappa shape index (κ1) is 12.0. The van der Waals surface area contributed by atoms with Gasteiger partial charge in [0.25, 0.3) is 0 Å². The minimum atomic E-state index is -0.0226. The predicted octanol–water partition coefficient (Wildman–Crippen LogP) is 1.26. The van der Waals surface area contributed by atoms with Gasteiger partial charge in [-0.05, 0) is 38.4 Å². The van der Waals surface area contributed by atoms with Gasteiger partial charge in [-0.15, -0.1) is 0 Å². The van der Waals surface area contributed by atoms with Gasteiger partial charge in [-0.1, -0.05) is 6.07 Å². The van der Waals surface area contributed by atoms with Crippen LogP contribution in [0.2, 0.25) is 0 Å². The van der Waals surface area contributed by atoms with Crippen molar-refractivity contribution in [2.75, 3.05) is 13.1 Å². The Bertz CT molecular complexity index is 360. The molecule has 92 valence electrons. The van der Waals surface area contributed by atoms with Crippen LogP contribution in [0.1, 0.15) is 31.5 Å². The molecule has 0 aliphatic carbocycles. The Morgan fingerprint density at radius 3 is 3.12 bits per heavy atom. The molecule has 1 aliphatic rings. The van der Waals surface area contributed by atoms with Crippen molar-refractivity contribution in [1.82, 2.24) is 15.6 Å². The van der Waals surface area contributed by atoms with Crippen molar-refractivity contribution >= 4 is 5.91 Å². The third-order valence-electron chi connectivity index (χ3n) is 3.16. The summed E-state index contributed by atoms with van der Waals surface area (Å²) in [5, 5.41) is 6.28. The minimum absolute atomic E-state index is 0.0226. The zero-order chi connectivity index (χ0) is 12.1. The molecule has 17 heavy (non-hydrogen) atoms. The van der Waals surface area contributed by atoms with Gasteiger partial charge in [0.1, 0.15) is 0 Å². The normalized spacial score (nSPS) is 21.8. The van der Waals surface area contributed by atoms with Crippen LogP contribution in [0.5, 0.6) is 0 Å². The second kappa shape index (κ2) is 5.77. The molecule has 0 saturated carbocycles. The summed E-state index contributed by atoms with van der Waals surface area (Å²) in [7, 11) is 0. The number of amides is 1. The summed E-state index contributed by atoms with van der Waals surface area (Å²) in [4.78, 5) is 16.2. The van der Waals surface area contributed by atoms with Gasteiger partial charge in [-0.25, -0.2) is 0 Å². The maximum atomic E-state index is 12.0. The van der Waals surface area contributed by atoms with E-state index in [1.54, 1.807) is 6.20 Å². The Morgan fingerprint density at radius 2 is 2.47 bits per heavy atom. The first-order valence-corrected chi connectivity index (χ1v) is 6.19. The lowest BCUT2D eigenvalue weighted by Gasteiger charge is -2.23. The van der Waals surface area contributed by atoms with E-state index in [0.29, 0.717) is 0 Å². The lowest BCUT2D eigenvalue weighted by molar-refractivity contribution is -0.126. The molecule has 2 rings (SSSR count). The Labute approximate surface area is 102 Å². The van der Waals surface area contributed by atoms with Crippen molar-refractivity contribution in [3.05, 3.63) is 30.1 Å². The fourth-order valence-corrected chi connectivity index (χ4v) is 2.11. The third kappa shape index (κ3) is 3.27. The van der Waals surface area contributed by atoms with E-state index < -0.39 is 0 Å². The van der Waals surface area contributed by atoms with Crippen molar-refractivity contribution in [3.8, 4) is 0 Å². The van der Waals surface area contributed by atoms with Gasteiger partial charge < -0.3 is 10.6 Å². The number of carbonyl (C=O) groups is 1. The summed E-state index contributed by atoms with van der Waals surface area (Å²) in [6, 6.07) is 5.73. The second-order valence-corrected chi connectivity index (χ2v) is 4.53. The van der Waals surface area contributed by atoms with Gasteiger partial charge in [0.2, 0.25) is 5.91 Å².